The van der Waals surface area contributed by atoms with E-state index < -0.39 is 5.97 Å². The predicted octanol–water partition coefficient (Wildman–Crippen LogP) is 1.83. The predicted molar refractivity (Wildman–Crippen MR) is 67.4 cm³/mol. The van der Waals surface area contributed by atoms with Crippen LogP contribution in [0.4, 0.5) is 0 Å². The molecule has 96 valence electrons. The largest absolute Gasteiger partial charge is 0.477 e. The number of aromatic nitrogens is 2. The molecule has 0 radical (unpaired) electrons. The fourth-order valence-corrected chi connectivity index (χ4v) is 2.41. The van der Waals surface area contributed by atoms with Gasteiger partial charge in [-0.1, -0.05) is 12.1 Å². The Morgan fingerprint density at radius 1 is 1.16 bits per heavy atom. The van der Waals surface area contributed by atoms with E-state index in [4.69, 9.17) is 5.11 Å². The highest BCUT2D eigenvalue weighted by molar-refractivity contribution is 6.08. The van der Waals surface area contributed by atoms with Gasteiger partial charge in [0.05, 0.1) is 0 Å². The van der Waals surface area contributed by atoms with E-state index in [9.17, 15) is 9.59 Å². The number of rotatable bonds is 3. The zero-order chi connectivity index (χ0) is 13.4. The van der Waals surface area contributed by atoms with Crippen LogP contribution in [0.5, 0.6) is 0 Å². The molecule has 3 rings (SSSR count). The fraction of sp³-hybridized carbons (Fsp3) is 0.214. The third kappa shape index (κ3) is 2.03. The van der Waals surface area contributed by atoms with Gasteiger partial charge < -0.3 is 5.11 Å². The lowest BCUT2D eigenvalue weighted by Gasteiger charge is -2.02. The minimum Gasteiger partial charge on any atom is -0.477 e. The number of ketones is 1. The zero-order valence-corrected chi connectivity index (χ0v) is 10.1. The molecule has 2 N–H and O–H groups in total. The zero-order valence-electron chi connectivity index (χ0n) is 10.1. The average molecular weight is 256 g/mol. The average Bonchev–Trinajstić information content (AvgIpc) is 3.06. The van der Waals surface area contributed by atoms with Gasteiger partial charge in [0.2, 0.25) is 5.78 Å². The van der Waals surface area contributed by atoms with Gasteiger partial charge in [0, 0.05) is 11.6 Å². The topological polar surface area (TPSA) is 83.0 Å². The number of nitrogens with zero attached hydrogens (tertiary/aromatic N) is 1. The lowest BCUT2D eigenvalue weighted by Crippen LogP contribution is -2.02. The van der Waals surface area contributed by atoms with E-state index in [1.165, 1.54) is 17.2 Å². The lowest BCUT2D eigenvalue weighted by atomic mass is 10.0. The molecule has 1 aromatic heterocycles. The number of carboxylic acids is 1. The summed E-state index contributed by atoms with van der Waals surface area (Å²) in [6.45, 7) is 0. The van der Waals surface area contributed by atoms with Crippen molar-refractivity contribution in [2.24, 2.45) is 0 Å². The number of benzene rings is 1. The maximum absolute atomic E-state index is 12.2. The van der Waals surface area contributed by atoms with Crippen LogP contribution in [-0.4, -0.2) is 27.1 Å². The Morgan fingerprint density at radius 3 is 2.68 bits per heavy atom. The second kappa shape index (κ2) is 4.35. The maximum atomic E-state index is 12.2. The summed E-state index contributed by atoms with van der Waals surface area (Å²) in [7, 11) is 0. The molecule has 0 aliphatic heterocycles. The van der Waals surface area contributed by atoms with Crippen molar-refractivity contribution in [2.45, 2.75) is 19.3 Å². The van der Waals surface area contributed by atoms with Gasteiger partial charge in [0.25, 0.3) is 0 Å². The van der Waals surface area contributed by atoms with Crippen LogP contribution in [0.25, 0.3) is 0 Å². The molecule has 0 saturated heterocycles. The molecule has 1 aliphatic carbocycles. The molecular formula is C14H12N2O3. The van der Waals surface area contributed by atoms with Crippen molar-refractivity contribution in [3.8, 4) is 0 Å². The molecule has 0 bridgehead atoms. The highest BCUT2D eigenvalue weighted by atomic mass is 16.4. The minimum atomic E-state index is -1.12. The molecule has 2 aromatic rings. The molecule has 1 aromatic carbocycles. The molecule has 1 heterocycles. The number of aromatic carboxylic acids is 1. The van der Waals surface area contributed by atoms with Crippen LogP contribution >= 0.6 is 0 Å². The molecule has 0 fully saturated rings. The molecule has 1 aliphatic rings. The first-order valence-corrected chi connectivity index (χ1v) is 6.10. The molecule has 0 amide bonds. The quantitative estimate of drug-likeness (QED) is 0.820. The number of carbonyl (C=O) groups is 2. The second-order valence-electron chi connectivity index (χ2n) is 4.64. The maximum Gasteiger partial charge on any atom is 0.353 e. The molecule has 0 unspecified atom stereocenters. The highest BCUT2D eigenvalue weighted by Crippen LogP contribution is 2.23. The van der Waals surface area contributed by atoms with Crippen molar-refractivity contribution in [2.75, 3.05) is 0 Å². The van der Waals surface area contributed by atoms with E-state index in [0.717, 1.165) is 19.3 Å². The number of H-pyrrole nitrogens is 1. The monoisotopic (exact) mass is 256 g/mol. The van der Waals surface area contributed by atoms with Gasteiger partial charge in [-0.2, -0.15) is 5.10 Å². The van der Waals surface area contributed by atoms with Gasteiger partial charge >= 0.3 is 5.97 Å². The Bertz CT molecular complexity index is 673. The summed E-state index contributed by atoms with van der Waals surface area (Å²) in [5, 5.41) is 14.9. The van der Waals surface area contributed by atoms with Crippen LogP contribution in [0, 0.1) is 0 Å². The number of aromatic amines is 1. The number of hydrogen-bond acceptors (Lipinski definition) is 3. The minimum absolute atomic E-state index is 0.0792. The number of fused-ring (bicyclic) bond motifs is 1. The van der Waals surface area contributed by atoms with Crippen LogP contribution in [0.1, 0.15) is 44.1 Å². The molecular weight excluding hydrogens is 244 g/mol. The van der Waals surface area contributed by atoms with Gasteiger partial charge in [-0.25, -0.2) is 4.79 Å². The number of carboxylic acid groups (broad SMARTS) is 1. The van der Waals surface area contributed by atoms with E-state index in [1.807, 2.05) is 12.1 Å². The van der Waals surface area contributed by atoms with Crippen molar-refractivity contribution in [3.05, 3.63) is 52.3 Å². The van der Waals surface area contributed by atoms with Gasteiger partial charge in [-0.15, -0.1) is 0 Å². The van der Waals surface area contributed by atoms with E-state index in [2.05, 4.69) is 10.2 Å². The highest BCUT2D eigenvalue weighted by Gasteiger charge is 2.18. The van der Waals surface area contributed by atoms with Gasteiger partial charge in [0.15, 0.2) is 0 Å². The number of carbonyl (C=O) groups excluding carboxylic acids is 1. The van der Waals surface area contributed by atoms with Gasteiger partial charge in [-0.05, 0) is 36.5 Å². The van der Waals surface area contributed by atoms with Crippen molar-refractivity contribution in [1.29, 1.82) is 0 Å². The van der Waals surface area contributed by atoms with E-state index in [1.54, 1.807) is 6.07 Å². The van der Waals surface area contributed by atoms with E-state index in [0.29, 0.717) is 5.56 Å². The number of nitrogens with one attached hydrogen (secondary N) is 1. The Hall–Kier alpha value is -2.43. The first-order valence-electron chi connectivity index (χ1n) is 6.10. The van der Waals surface area contributed by atoms with Gasteiger partial charge in [0.1, 0.15) is 11.4 Å². The van der Waals surface area contributed by atoms with Crippen LogP contribution in [0.2, 0.25) is 0 Å². The number of hydrogen-bond donors (Lipinski definition) is 2. The third-order valence-electron chi connectivity index (χ3n) is 3.40. The van der Waals surface area contributed by atoms with Crippen molar-refractivity contribution in [3.63, 3.8) is 0 Å². The smallest absolute Gasteiger partial charge is 0.353 e. The lowest BCUT2D eigenvalue weighted by molar-refractivity contribution is 0.0690. The summed E-state index contributed by atoms with van der Waals surface area (Å²) in [5.41, 5.74) is 3.12. The Morgan fingerprint density at radius 2 is 1.95 bits per heavy atom. The Labute approximate surface area is 109 Å². The van der Waals surface area contributed by atoms with Crippen molar-refractivity contribution < 1.29 is 14.7 Å². The standard InChI is InChI=1S/C14H12N2O3/c17-13(11-7-12(14(18)19)16-15-11)10-5-4-8-2-1-3-9(8)6-10/h4-7H,1-3H2,(H,15,16)(H,18,19). The third-order valence-corrected chi connectivity index (χ3v) is 3.40. The van der Waals surface area contributed by atoms with E-state index in [-0.39, 0.29) is 17.2 Å². The first-order chi connectivity index (χ1) is 9.15. The molecule has 5 heteroatoms. The normalized spacial score (nSPS) is 13.3. The fourth-order valence-electron chi connectivity index (χ4n) is 2.41. The SMILES string of the molecule is O=C(c1ccc2c(c1)CCC2)c1cc(C(=O)O)[nH]n1. The van der Waals surface area contributed by atoms with E-state index >= 15 is 0 Å². The first kappa shape index (κ1) is 11.6. The van der Waals surface area contributed by atoms with Crippen molar-refractivity contribution in [1.82, 2.24) is 10.2 Å². The summed E-state index contributed by atoms with van der Waals surface area (Å²) in [6, 6.07) is 6.90. The molecule has 0 atom stereocenters. The Kier molecular flexibility index (Phi) is 2.67. The molecule has 19 heavy (non-hydrogen) atoms. The summed E-state index contributed by atoms with van der Waals surface area (Å²) in [5.74, 6) is -1.38. The molecule has 5 nitrogen and oxygen atoms in total. The summed E-state index contributed by atoms with van der Waals surface area (Å²) >= 11 is 0. The van der Waals surface area contributed by atoms with Crippen LogP contribution in [0.15, 0.2) is 24.3 Å². The summed E-state index contributed by atoms with van der Waals surface area (Å²) in [6.07, 6.45) is 3.19. The van der Waals surface area contributed by atoms with Crippen LogP contribution in [-0.2, 0) is 12.8 Å². The second-order valence-corrected chi connectivity index (χ2v) is 4.64. The number of aryl methyl sites for hydroxylation is 2. The summed E-state index contributed by atoms with van der Waals surface area (Å²) < 4.78 is 0. The van der Waals surface area contributed by atoms with Gasteiger partial charge in [-0.3, -0.25) is 9.89 Å². The molecule has 0 spiro atoms. The Balaban J connectivity index is 1.92. The van der Waals surface area contributed by atoms with Crippen LogP contribution in [0.3, 0.4) is 0 Å². The summed E-state index contributed by atoms with van der Waals surface area (Å²) in [4.78, 5) is 23.0. The van der Waals surface area contributed by atoms with Crippen LogP contribution < -0.4 is 0 Å². The molecule has 0 saturated carbocycles. The van der Waals surface area contributed by atoms with Crippen molar-refractivity contribution >= 4 is 11.8 Å².